The highest BCUT2D eigenvalue weighted by Gasteiger charge is 2.17. The van der Waals surface area contributed by atoms with E-state index in [0.29, 0.717) is 12.6 Å². The van der Waals surface area contributed by atoms with Crippen molar-refractivity contribution in [2.45, 2.75) is 25.5 Å². The van der Waals surface area contributed by atoms with Crippen LogP contribution in [0.5, 0.6) is 11.5 Å². The van der Waals surface area contributed by atoms with E-state index in [1.54, 1.807) is 7.11 Å². The fourth-order valence-electron chi connectivity index (χ4n) is 1.91. The second kappa shape index (κ2) is 6.17. The van der Waals surface area contributed by atoms with Crippen LogP contribution in [0.3, 0.4) is 0 Å². The lowest BCUT2D eigenvalue weighted by atomic mass is 10.2. The monoisotopic (exact) mass is 253 g/mol. The van der Waals surface area contributed by atoms with Crippen LogP contribution in [0.25, 0.3) is 0 Å². The van der Waals surface area contributed by atoms with Crippen LogP contribution in [0.1, 0.15) is 18.4 Å². The van der Waals surface area contributed by atoms with Gasteiger partial charge in [-0.3, -0.25) is 0 Å². The third-order valence-electron chi connectivity index (χ3n) is 2.93. The predicted molar refractivity (Wildman–Crippen MR) is 71.9 cm³/mol. The molecule has 0 unspecified atom stereocenters. The Morgan fingerprint density at radius 1 is 1.29 bits per heavy atom. The molecule has 0 saturated carbocycles. The smallest absolute Gasteiger partial charge is 0.161 e. The lowest BCUT2D eigenvalue weighted by Gasteiger charge is -2.24. The van der Waals surface area contributed by atoms with Crippen molar-refractivity contribution in [1.29, 1.82) is 0 Å². The van der Waals surface area contributed by atoms with Crippen LogP contribution >= 0.6 is 11.8 Å². The zero-order valence-corrected chi connectivity index (χ0v) is 11.0. The van der Waals surface area contributed by atoms with E-state index in [2.05, 4.69) is 0 Å². The maximum absolute atomic E-state index is 6.03. The van der Waals surface area contributed by atoms with Crippen LogP contribution in [-0.4, -0.2) is 24.7 Å². The highest BCUT2D eigenvalue weighted by Crippen LogP contribution is 2.31. The molecule has 17 heavy (non-hydrogen) atoms. The number of methoxy groups -OCH3 is 1. The molecule has 0 aromatic heterocycles. The van der Waals surface area contributed by atoms with Gasteiger partial charge in [0.2, 0.25) is 0 Å². The molecule has 0 atom stereocenters. The van der Waals surface area contributed by atoms with Gasteiger partial charge in [0.05, 0.1) is 7.11 Å². The normalized spacial score (nSPS) is 16.8. The van der Waals surface area contributed by atoms with Crippen molar-refractivity contribution in [3.8, 4) is 11.5 Å². The summed E-state index contributed by atoms with van der Waals surface area (Å²) in [6.07, 6.45) is 2.54. The molecule has 0 radical (unpaired) electrons. The van der Waals surface area contributed by atoms with Gasteiger partial charge >= 0.3 is 0 Å². The van der Waals surface area contributed by atoms with E-state index >= 15 is 0 Å². The molecular formula is C13H19NO2S. The summed E-state index contributed by atoms with van der Waals surface area (Å²) in [7, 11) is 1.67. The van der Waals surface area contributed by atoms with Gasteiger partial charge in [0.15, 0.2) is 11.5 Å². The van der Waals surface area contributed by atoms with Gasteiger partial charge in [-0.15, -0.1) is 0 Å². The number of rotatable bonds is 4. The summed E-state index contributed by atoms with van der Waals surface area (Å²) in [5.74, 6) is 3.99. The highest BCUT2D eigenvalue weighted by atomic mass is 32.2. The number of ether oxygens (including phenoxy) is 2. The first-order chi connectivity index (χ1) is 8.33. The second-order valence-corrected chi connectivity index (χ2v) is 5.34. The number of thioether (sulfide) groups is 1. The second-order valence-electron chi connectivity index (χ2n) is 4.12. The van der Waals surface area contributed by atoms with Crippen LogP contribution in [0, 0.1) is 0 Å². The molecule has 1 aliphatic rings. The summed E-state index contributed by atoms with van der Waals surface area (Å²) in [5.41, 5.74) is 6.72. The van der Waals surface area contributed by atoms with Crippen LogP contribution in [0.4, 0.5) is 0 Å². The number of benzene rings is 1. The maximum Gasteiger partial charge on any atom is 0.161 e. The molecule has 2 rings (SSSR count). The summed E-state index contributed by atoms with van der Waals surface area (Å²) in [4.78, 5) is 0. The molecule has 4 heteroatoms. The standard InChI is InChI=1S/C13H19NO2S/c1-15-12-3-2-10(9-14)8-13(12)16-11-4-6-17-7-5-11/h2-3,8,11H,4-7,9,14H2,1H3. The quantitative estimate of drug-likeness (QED) is 0.895. The molecule has 2 N–H and O–H groups in total. The minimum atomic E-state index is 0.318. The van der Waals surface area contributed by atoms with Crippen LogP contribution in [0.2, 0.25) is 0 Å². The average Bonchev–Trinajstić information content (AvgIpc) is 2.40. The summed E-state index contributed by atoms with van der Waals surface area (Å²) in [6.45, 7) is 0.529. The Labute approximate surface area is 107 Å². The molecular weight excluding hydrogens is 234 g/mol. The van der Waals surface area contributed by atoms with Crippen LogP contribution in [0.15, 0.2) is 18.2 Å². The summed E-state index contributed by atoms with van der Waals surface area (Å²) < 4.78 is 11.3. The molecule has 1 aliphatic heterocycles. The van der Waals surface area contributed by atoms with E-state index in [0.717, 1.165) is 29.9 Å². The Hall–Kier alpha value is -0.870. The molecule has 1 heterocycles. The predicted octanol–water partition coefficient (Wildman–Crippen LogP) is 2.43. The van der Waals surface area contributed by atoms with Gasteiger partial charge < -0.3 is 15.2 Å². The molecule has 0 bridgehead atoms. The summed E-state index contributed by atoms with van der Waals surface area (Å²) in [6, 6.07) is 5.89. The first-order valence-electron chi connectivity index (χ1n) is 5.95. The Kier molecular flexibility index (Phi) is 4.57. The Morgan fingerprint density at radius 3 is 2.71 bits per heavy atom. The minimum absolute atomic E-state index is 0.318. The molecule has 1 aromatic rings. The van der Waals surface area contributed by atoms with Gasteiger partial charge in [-0.1, -0.05) is 6.07 Å². The zero-order chi connectivity index (χ0) is 12.1. The van der Waals surface area contributed by atoms with Gasteiger partial charge in [0.25, 0.3) is 0 Å². The first-order valence-corrected chi connectivity index (χ1v) is 7.10. The molecule has 94 valence electrons. The number of nitrogens with two attached hydrogens (primary N) is 1. The molecule has 0 amide bonds. The minimum Gasteiger partial charge on any atom is -0.493 e. The molecule has 1 fully saturated rings. The van der Waals surface area contributed by atoms with E-state index in [4.69, 9.17) is 15.2 Å². The van der Waals surface area contributed by atoms with Crippen molar-refractivity contribution < 1.29 is 9.47 Å². The van der Waals surface area contributed by atoms with Crippen molar-refractivity contribution in [2.75, 3.05) is 18.6 Å². The van der Waals surface area contributed by atoms with Gasteiger partial charge in [0.1, 0.15) is 6.10 Å². The zero-order valence-electron chi connectivity index (χ0n) is 10.1. The summed E-state index contributed by atoms with van der Waals surface area (Å²) in [5, 5.41) is 0. The van der Waals surface area contributed by atoms with Crippen LogP contribution in [-0.2, 0) is 6.54 Å². The van der Waals surface area contributed by atoms with E-state index < -0.39 is 0 Å². The van der Waals surface area contributed by atoms with Crippen molar-refractivity contribution in [1.82, 2.24) is 0 Å². The van der Waals surface area contributed by atoms with Crippen molar-refractivity contribution in [2.24, 2.45) is 5.73 Å². The SMILES string of the molecule is COc1ccc(CN)cc1OC1CCSCC1. The lowest BCUT2D eigenvalue weighted by Crippen LogP contribution is -2.22. The maximum atomic E-state index is 6.03. The fraction of sp³-hybridized carbons (Fsp3) is 0.538. The van der Waals surface area contributed by atoms with E-state index in [1.807, 2.05) is 30.0 Å². The van der Waals surface area contributed by atoms with Crippen molar-refractivity contribution in [3.05, 3.63) is 23.8 Å². The molecule has 3 nitrogen and oxygen atoms in total. The molecule has 0 aliphatic carbocycles. The van der Waals surface area contributed by atoms with Crippen molar-refractivity contribution in [3.63, 3.8) is 0 Å². The van der Waals surface area contributed by atoms with Gasteiger partial charge in [-0.25, -0.2) is 0 Å². The molecule has 1 saturated heterocycles. The average molecular weight is 253 g/mol. The fourth-order valence-corrected chi connectivity index (χ4v) is 2.98. The molecule has 1 aromatic carbocycles. The summed E-state index contributed by atoms with van der Waals surface area (Å²) >= 11 is 2.00. The first kappa shape index (κ1) is 12.6. The number of hydrogen-bond donors (Lipinski definition) is 1. The van der Waals surface area contributed by atoms with Gasteiger partial charge in [-0.05, 0) is 42.0 Å². The number of hydrogen-bond acceptors (Lipinski definition) is 4. The van der Waals surface area contributed by atoms with Crippen LogP contribution < -0.4 is 15.2 Å². The highest BCUT2D eigenvalue weighted by molar-refractivity contribution is 7.99. The largest absolute Gasteiger partial charge is 0.493 e. The Balaban J connectivity index is 2.11. The molecule has 0 spiro atoms. The van der Waals surface area contributed by atoms with Crippen molar-refractivity contribution >= 4 is 11.8 Å². The Bertz CT molecular complexity index is 364. The third kappa shape index (κ3) is 3.30. The van der Waals surface area contributed by atoms with Gasteiger partial charge in [-0.2, -0.15) is 11.8 Å². The Morgan fingerprint density at radius 2 is 2.06 bits per heavy atom. The lowest BCUT2D eigenvalue weighted by molar-refractivity contribution is 0.184. The van der Waals surface area contributed by atoms with Gasteiger partial charge in [0, 0.05) is 6.54 Å². The van der Waals surface area contributed by atoms with E-state index in [-0.39, 0.29) is 0 Å². The van der Waals surface area contributed by atoms with E-state index in [9.17, 15) is 0 Å². The topological polar surface area (TPSA) is 44.5 Å². The third-order valence-corrected chi connectivity index (χ3v) is 3.97. The van der Waals surface area contributed by atoms with E-state index in [1.165, 1.54) is 11.5 Å².